The van der Waals surface area contributed by atoms with Crippen LogP contribution in [-0.4, -0.2) is 6.17 Å². The van der Waals surface area contributed by atoms with Crippen LogP contribution in [0.1, 0.15) is 12.8 Å². The average Bonchev–Trinajstić information content (AvgIpc) is 2.38. The molecule has 3 rings (SSSR count). The summed E-state index contributed by atoms with van der Waals surface area (Å²) < 4.78 is 13.4. The number of rotatable bonds is 1. The molecule has 0 saturated carbocycles. The molecular weight excluding hydrogens is 227 g/mol. The van der Waals surface area contributed by atoms with Gasteiger partial charge < -0.3 is 10.6 Å². The zero-order valence-electron chi connectivity index (χ0n) is 10.0. The van der Waals surface area contributed by atoms with Gasteiger partial charge in [-0.15, -0.1) is 0 Å². The first kappa shape index (κ1) is 11.2. The Morgan fingerprint density at radius 2 is 2.17 bits per heavy atom. The maximum atomic E-state index is 13.4. The molecule has 0 bridgehead atoms. The number of allylic oxidation sites excluding steroid dienone is 5. The molecule has 1 aromatic carbocycles. The van der Waals surface area contributed by atoms with E-state index in [-0.39, 0.29) is 12.0 Å². The van der Waals surface area contributed by atoms with E-state index in [0.717, 1.165) is 18.5 Å². The summed E-state index contributed by atoms with van der Waals surface area (Å²) in [7, 11) is 0. The third kappa shape index (κ3) is 1.87. The van der Waals surface area contributed by atoms with Gasteiger partial charge in [0.2, 0.25) is 0 Å². The predicted molar refractivity (Wildman–Crippen MR) is 71.4 cm³/mol. The van der Waals surface area contributed by atoms with Crippen molar-refractivity contribution in [2.24, 2.45) is 5.73 Å². The molecule has 1 aliphatic carbocycles. The molecule has 3 heteroatoms. The van der Waals surface area contributed by atoms with Crippen molar-refractivity contribution < 1.29 is 4.39 Å². The molecule has 1 aromatic rings. The Bertz CT molecular complexity index is 557. The maximum absolute atomic E-state index is 13.4. The van der Waals surface area contributed by atoms with Crippen LogP contribution in [-0.2, 0) is 0 Å². The minimum Gasteiger partial charge on any atom is -0.325 e. The minimum atomic E-state index is -0.234. The normalized spacial score (nSPS) is 22.3. The molecule has 2 aliphatic rings. The van der Waals surface area contributed by atoms with E-state index in [1.165, 1.54) is 23.4 Å². The first-order valence-corrected chi connectivity index (χ1v) is 6.14. The minimum absolute atomic E-state index is 0.225. The van der Waals surface area contributed by atoms with Gasteiger partial charge in [0.05, 0.1) is 0 Å². The van der Waals surface area contributed by atoms with Crippen LogP contribution in [0, 0.1) is 5.82 Å². The topological polar surface area (TPSA) is 29.3 Å². The molecule has 0 saturated heterocycles. The summed E-state index contributed by atoms with van der Waals surface area (Å²) in [6.07, 6.45) is 9.98. The number of hydrogen-bond donors (Lipinski definition) is 1. The lowest BCUT2D eigenvalue weighted by molar-refractivity contribution is 0.625. The molecule has 0 aromatic heterocycles. The lowest BCUT2D eigenvalue weighted by Crippen LogP contribution is -2.42. The first-order valence-electron chi connectivity index (χ1n) is 6.14. The van der Waals surface area contributed by atoms with Crippen molar-refractivity contribution >= 4 is 5.69 Å². The number of halogens is 1. The molecule has 0 radical (unpaired) electrons. The van der Waals surface area contributed by atoms with Crippen molar-refractivity contribution in [3.8, 4) is 0 Å². The lowest BCUT2D eigenvalue weighted by atomic mass is 9.97. The number of hydrogen-bond acceptors (Lipinski definition) is 2. The summed E-state index contributed by atoms with van der Waals surface area (Å²) in [5.74, 6) is -0.234. The van der Waals surface area contributed by atoms with Gasteiger partial charge in [0.1, 0.15) is 12.0 Å². The predicted octanol–water partition coefficient (Wildman–Crippen LogP) is 3.09. The van der Waals surface area contributed by atoms with Gasteiger partial charge in [0.15, 0.2) is 0 Å². The quantitative estimate of drug-likeness (QED) is 0.820. The summed E-state index contributed by atoms with van der Waals surface area (Å²) >= 11 is 0. The Morgan fingerprint density at radius 3 is 3.00 bits per heavy atom. The van der Waals surface area contributed by atoms with Gasteiger partial charge in [-0.05, 0) is 42.7 Å². The third-order valence-electron chi connectivity index (χ3n) is 3.33. The summed E-state index contributed by atoms with van der Waals surface area (Å²) in [5, 5.41) is 0. The smallest absolute Gasteiger partial charge is 0.125 e. The monoisotopic (exact) mass is 242 g/mol. The van der Waals surface area contributed by atoms with E-state index in [1.54, 1.807) is 6.07 Å². The zero-order chi connectivity index (χ0) is 12.5. The molecule has 0 spiro atoms. The highest BCUT2D eigenvalue weighted by Gasteiger charge is 2.23. The fourth-order valence-electron chi connectivity index (χ4n) is 2.50. The van der Waals surface area contributed by atoms with Crippen LogP contribution in [0.15, 0.2) is 59.8 Å². The second-order valence-corrected chi connectivity index (χ2v) is 4.54. The van der Waals surface area contributed by atoms with Gasteiger partial charge in [-0.3, -0.25) is 0 Å². The molecule has 0 amide bonds. The second-order valence-electron chi connectivity index (χ2n) is 4.54. The molecular formula is C15H15FN2. The number of nitrogens with zero attached hydrogens (tertiary/aromatic N) is 1. The number of nitrogens with two attached hydrogens (primary N) is 1. The Balaban J connectivity index is 2.07. The van der Waals surface area contributed by atoms with Crippen molar-refractivity contribution in [3.63, 3.8) is 0 Å². The fraction of sp³-hybridized carbons (Fsp3) is 0.200. The van der Waals surface area contributed by atoms with Gasteiger partial charge in [-0.1, -0.05) is 24.3 Å². The van der Waals surface area contributed by atoms with E-state index < -0.39 is 0 Å². The largest absolute Gasteiger partial charge is 0.325 e. The van der Waals surface area contributed by atoms with Crippen LogP contribution in [0.2, 0.25) is 0 Å². The van der Waals surface area contributed by atoms with E-state index in [4.69, 9.17) is 5.73 Å². The summed E-state index contributed by atoms with van der Waals surface area (Å²) in [5.41, 5.74) is 9.29. The fourth-order valence-corrected chi connectivity index (χ4v) is 2.50. The van der Waals surface area contributed by atoms with E-state index >= 15 is 0 Å². The standard InChI is InChI=1S/C15H15FN2/c16-12-5-3-6-13(10-12)18-14-7-2-1-4-11(14)8-9-15(18)17/h1,3-6,8-10,15H,2,7,17H2. The number of anilines is 1. The molecule has 1 heterocycles. The summed E-state index contributed by atoms with van der Waals surface area (Å²) in [6, 6.07) is 6.59. The van der Waals surface area contributed by atoms with Gasteiger partial charge in [0.25, 0.3) is 0 Å². The highest BCUT2D eigenvalue weighted by Crippen LogP contribution is 2.32. The Kier molecular flexibility index (Phi) is 2.76. The van der Waals surface area contributed by atoms with Gasteiger partial charge >= 0.3 is 0 Å². The molecule has 1 aliphatic heterocycles. The van der Waals surface area contributed by atoms with Crippen molar-refractivity contribution in [2.45, 2.75) is 19.0 Å². The van der Waals surface area contributed by atoms with Crippen LogP contribution in [0.5, 0.6) is 0 Å². The Hall–Kier alpha value is -1.87. The van der Waals surface area contributed by atoms with Crippen LogP contribution < -0.4 is 10.6 Å². The lowest BCUT2D eigenvalue weighted by Gasteiger charge is -2.36. The van der Waals surface area contributed by atoms with E-state index in [0.29, 0.717) is 0 Å². The van der Waals surface area contributed by atoms with Gasteiger partial charge in [-0.2, -0.15) is 0 Å². The zero-order valence-corrected chi connectivity index (χ0v) is 10.0. The van der Waals surface area contributed by atoms with Crippen molar-refractivity contribution in [1.82, 2.24) is 0 Å². The van der Waals surface area contributed by atoms with Gasteiger partial charge in [-0.25, -0.2) is 4.39 Å². The van der Waals surface area contributed by atoms with Crippen molar-refractivity contribution in [3.05, 3.63) is 65.7 Å². The molecule has 1 unspecified atom stereocenters. The summed E-state index contributed by atoms with van der Waals surface area (Å²) in [4.78, 5) is 2.02. The first-order chi connectivity index (χ1) is 8.75. The van der Waals surface area contributed by atoms with Crippen LogP contribution >= 0.6 is 0 Å². The number of benzene rings is 1. The third-order valence-corrected chi connectivity index (χ3v) is 3.33. The second kappa shape index (κ2) is 4.42. The average molecular weight is 242 g/mol. The molecule has 2 nitrogen and oxygen atoms in total. The SMILES string of the molecule is NC1C=CC2=C(CCC=C2)N1c1cccc(F)c1. The molecule has 92 valence electrons. The van der Waals surface area contributed by atoms with Crippen molar-refractivity contribution in [1.29, 1.82) is 0 Å². The molecule has 2 N–H and O–H groups in total. The maximum Gasteiger partial charge on any atom is 0.125 e. The van der Waals surface area contributed by atoms with Crippen LogP contribution in [0.25, 0.3) is 0 Å². The van der Waals surface area contributed by atoms with Crippen LogP contribution in [0.4, 0.5) is 10.1 Å². The highest BCUT2D eigenvalue weighted by molar-refractivity contribution is 5.60. The molecule has 1 atom stereocenters. The molecule has 0 fully saturated rings. The van der Waals surface area contributed by atoms with Crippen molar-refractivity contribution in [2.75, 3.05) is 4.90 Å². The van der Waals surface area contributed by atoms with E-state index in [9.17, 15) is 4.39 Å². The summed E-state index contributed by atoms with van der Waals surface area (Å²) in [6.45, 7) is 0. The van der Waals surface area contributed by atoms with E-state index in [2.05, 4.69) is 12.2 Å². The highest BCUT2D eigenvalue weighted by atomic mass is 19.1. The van der Waals surface area contributed by atoms with Gasteiger partial charge in [0, 0.05) is 11.4 Å². The van der Waals surface area contributed by atoms with Crippen LogP contribution in [0.3, 0.4) is 0 Å². The van der Waals surface area contributed by atoms with E-state index in [1.807, 2.05) is 23.1 Å². The Morgan fingerprint density at radius 1 is 1.28 bits per heavy atom. The Labute approximate surface area is 106 Å². The molecule has 18 heavy (non-hydrogen) atoms.